The molecule has 1 N–H and O–H groups in total. The third-order valence-electron chi connectivity index (χ3n) is 3.25. The maximum absolute atomic E-state index is 13.2. The van der Waals surface area contributed by atoms with E-state index in [2.05, 4.69) is 4.90 Å². The molecule has 0 amide bonds. The van der Waals surface area contributed by atoms with Crippen LogP contribution in [0.25, 0.3) is 0 Å². The monoisotopic (exact) mass is 253 g/mol. The van der Waals surface area contributed by atoms with Crippen LogP contribution in [-0.2, 0) is 11.3 Å². The number of phenols is 1. The van der Waals surface area contributed by atoms with E-state index in [4.69, 9.17) is 9.84 Å². The van der Waals surface area contributed by atoms with Gasteiger partial charge in [0.2, 0.25) is 0 Å². The van der Waals surface area contributed by atoms with Gasteiger partial charge in [-0.3, -0.25) is 4.90 Å². The number of phenolic OH excluding ortho intramolecular Hbond substituents is 1. The Balaban J connectivity index is 1.85. The Bertz CT molecular complexity index is 391. The van der Waals surface area contributed by atoms with Crippen molar-refractivity contribution in [3.8, 4) is 5.75 Å². The first-order chi connectivity index (χ1) is 8.65. The number of benzene rings is 1. The van der Waals surface area contributed by atoms with Crippen molar-refractivity contribution in [1.82, 2.24) is 4.90 Å². The van der Waals surface area contributed by atoms with Gasteiger partial charge < -0.3 is 9.84 Å². The maximum atomic E-state index is 13.2. The molecule has 3 nitrogen and oxygen atoms in total. The van der Waals surface area contributed by atoms with E-state index in [1.165, 1.54) is 18.6 Å². The van der Waals surface area contributed by atoms with Crippen molar-refractivity contribution in [3.63, 3.8) is 0 Å². The second kappa shape index (κ2) is 6.16. The van der Waals surface area contributed by atoms with E-state index in [-0.39, 0.29) is 5.75 Å². The maximum Gasteiger partial charge on any atom is 0.165 e. The standard InChI is InChI=1S/C14H20FNO2/c1-16(10-12-4-2-3-7-18-12)9-11-5-6-14(17)13(15)8-11/h5-6,8,12,17H,2-4,7,9-10H2,1H3. The number of halogens is 1. The Labute approximate surface area is 107 Å². The molecular weight excluding hydrogens is 233 g/mol. The number of rotatable bonds is 4. The van der Waals surface area contributed by atoms with Gasteiger partial charge in [0, 0.05) is 19.7 Å². The number of nitrogens with zero attached hydrogens (tertiary/aromatic N) is 1. The van der Waals surface area contributed by atoms with Crippen molar-refractivity contribution in [2.45, 2.75) is 31.9 Å². The van der Waals surface area contributed by atoms with E-state index >= 15 is 0 Å². The van der Waals surface area contributed by atoms with Gasteiger partial charge in [-0.15, -0.1) is 0 Å². The normalized spacial score (nSPS) is 20.3. The summed E-state index contributed by atoms with van der Waals surface area (Å²) < 4.78 is 18.9. The van der Waals surface area contributed by atoms with Gasteiger partial charge in [-0.25, -0.2) is 4.39 Å². The lowest BCUT2D eigenvalue weighted by Crippen LogP contribution is -2.33. The molecule has 1 fully saturated rings. The molecule has 1 aromatic carbocycles. The van der Waals surface area contributed by atoms with Crippen LogP contribution in [0.3, 0.4) is 0 Å². The molecule has 1 heterocycles. The van der Waals surface area contributed by atoms with E-state index < -0.39 is 5.82 Å². The molecular formula is C14H20FNO2. The van der Waals surface area contributed by atoms with Crippen LogP contribution in [-0.4, -0.2) is 36.3 Å². The zero-order valence-corrected chi connectivity index (χ0v) is 10.7. The average molecular weight is 253 g/mol. The van der Waals surface area contributed by atoms with Crippen LogP contribution in [0.15, 0.2) is 18.2 Å². The average Bonchev–Trinajstić information content (AvgIpc) is 2.35. The van der Waals surface area contributed by atoms with Crippen LogP contribution in [0.2, 0.25) is 0 Å². The summed E-state index contributed by atoms with van der Waals surface area (Å²) in [5.41, 5.74) is 0.864. The summed E-state index contributed by atoms with van der Waals surface area (Å²) in [5.74, 6) is -0.855. The van der Waals surface area contributed by atoms with E-state index in [0.29, 0.717) is 12.6 Å². The van der Waals surface area contributed by atoms with Gasteiger partial charge in [0.05, 0.1) is 6.10 Å². The van der Waals surface area contributed by atoms with E-state index in [1.807, 2.05) is 7.05 Å². The fraction of sp³-hybridized carbons (Fsp3) is 0.571. The smallest absolute Gasteiger partial charge is 0.165 e. The fourth-order valence-electron chi connectivity index (χ4n) is 2.32. The summed E-state index contributed by atoms with van der Waals surface area (Å²) in [6, 6.07) is 4.53. The first-order valence-electron chi connectivity index (χ1n) is 6.42. The lowest BCUT2D eigenvalue weighted by molar-refractivity contribution is -0.00260. The number of hydrogen-bond donors (Lipinski definition) is 1. The molecule has 18 heavy (non-hydrogen) atoms. The molecule has 0 saturated carbocycles. The lowest BCUT2D eigenvalue weighted by atomic mass is 10.1. The highest BCUT2D eigenvalue weighted by Crippen LogP contribution is 2.18. The third-order valence-corrected chi connectivity index (χ3v) is 3.25. The molecule has 4 heteroatoms. The van der Waals surface area contributed by atoms with Crippen molar-refractivity contribution in [1.29, 1.82) is 0 Å². The Morgan fingerprint density at radius 1 is 1.44 bits per heavy atom. The predicted molar refractivity (Wildman–Crippen MR) is 68.0 cm³/mol. The Kier molecular flexibility index (Phi) is 4.55. The number of ether oxygens (including phenoxy) is 1. The fourth-order valence-corrected chi connectivity index (χ4v) is 2.32. The van der Waals surface area contributed by atoms with Crippen LogP contribution >= 0.6 is 0 Å². The highest BCUT2D eigenvalue weighted by Gasteiger charge is 2.16. The SMILES string of the molecule is CN(Cc1ccc(O)c(F)c1)CC1CCCCO1. The second-order valence-electron chi connectivity index (χ2n) is 4.97. The van der Waals surface area contributed by atoms with Gasteiger partial charge in [0.15, 0.2) is 11.6 Å². The second-order valence-corrected chi connectivity index (χ2v) is 4.97. The zero-order valence-electron chi connectivity index (χ0n) is 10.7. The minimum Gasteiger partial charge on any atom is -0.505 e. The summed E-state index contributed by atoms with van der Waals surface area (Å²) in [6.45, 7) is 2.38. The summed E-state index contributed by atoms with van der Waals surface area (Å²) in [6.07, 6.45) is 3.79. The first-order valence-corrected chi connectivity index (χ1v) is 6.42. The molecule has 1 saturated heterocycles. The lowest BCUT2D eigenvalue weighted by Gasteiger charge is -2.27. The minimum absolute atomic E-state index is 0.294. The molecule has 1 aromatic rings. The molecule has 0 aliphatic carbocycles. The van der Waals surface area contributed by atoms with Crippen LogP contribution in [0.4, 0.5) is 4.39 Å². The molecule has 0 spiro atoms. The molecule has 0 bridgehead atoms. The van der Waals surface area contributed by atoms with Gasteiger partial charge in [-0.2, -0.15) is 0 Å². The Morgan fingerprint density at radius 3 is 2.94 bits per heavy atom. The summed E-state index contributed by atoms with van der Waals surface area (Å²) in [7, 11) is 2.00. The van der Waals surface area contributed by atoms with Crippen LogP contribution < -0.4 is 0 Å². The molecule has 2 rings (SSSR count). The van der Waals surface area contributed by atoms with Gasteiger partial charge >= 0.3 is 0 Å². The number of aromatic hydroxyl groups is 1. The minimum atomic E-state index is -0.560. The first kappa shape index (κ1) is 13.3. The summed E-state index contributed by atoms with van der Waals surface area (Å²) >= 11 is 0. The van der Waals surface area contributed by atoms with Gasteiger partial charge in [0.25, 0.3) is 0 Å². The molecule has 1 atom stereocenters. The third kappa shape index (κ3) is 3.68. The topological polar surface area (TPSA) is 32.7 Å². The number of hydrogen-bond acceptors (Lipinski definition) is 3. The van der Waals surface area contributed by atoms with Crippen LogP contribution in [0.5, 0.6) is 5.75 Å². The van der Waals surface area contributed by atoms with Crippen LogP contribution in [0, 0.1) is 5.82 Å². The van der Waals surface area contributed by atoms with E-state index in [0.717, 1.165) is 31.6 Å². The largest absolute Gasteiger partial charge is 0.505 e. The quantitative estimate of drug-likeness (QED) is 0.895. The van der Waals surface area contributed by atoms with Crippen molar-refractivity contribution in [3.05, 3.63) is 29.6 Å². The summed E-state index contributed by atoms with van der Waals surface area (Å²) in [5, 5.41) is 9.13. The van der Waals surface area contributed by atoms with Crippen LogP contribution in [0.1, 0.15) is 24.8 Å². The molecule has 0 radical (unpaired) electrons. The summed E-state index contributed by atoms with van der Waals surface area (Å²) in [4.78, 5) is 2.13. The molecule has 1 unspecified atom stereocenters. The van der Waals surface area contributed by atoms with Gasteiger partial charge in [0.1, 0.15) is 0 Å². The van der Waals surface area contributed by atoms with E-state index in [1.54, 1.807) is 6.07 Å². The molecule has 100 valence electrons. The van der Waals surface area contributed by atoms with Crippen molar-refractivity contribution in [2.24, 2.45) is 0 Å². The Hall–Kier alpha value is -1.13. The molecule has 0 aromatic heterocycles. The number of likely N-dealkylation sites (N-methyl/N-ethyl adjacent to an activating group) is 1. The highest BCUT2D eigenvalue weighted by atomic mass is 19.1. The Morgan fingerprint density at radius 2 is 2.28 bits per heavy atom. The van der Waals surface area contributed by atoms with Gasteiger partial charge in [-0.1, -0.05) is 6.07 Å². The molecule has 1 aliphatic heterocycles. The van der Waals surface area contributed by atoms with E-state index in [9.17, 15) is 4.39 Å². The molecule has 1 aliphatic rings. The van der Waals surface area contributed by atoms with Crippen molar-refractivity contribution >= 4 is 0 Å². The predicted octanol–water partition coefficient (Wildman–Crippen LogP) is 2.53. The van der Waals surface area contributed by atoms with Gasteiger partial charge in [-0.05, 0) is 44.0 Å². The zero-order chi connectivity index (χ0) is 13.0. The van der Waals surface area contributed by atoms with Crippen molar-refractivity contribution in [2.75, 3.05) is 20.2 Å². The highest BCUT2D eigenvalue weighted by molar-refractivity contribution is 5.27. The van der Waals surface area contributed by atoms with Crippen molar-refractivity contribution < 1.29 is 14.2 Å².